The van der Waals surface area contributed by atoms with Crippen molar-refractivity contribution in [3.05, 3.63) is 72.1 Å². The molecule has 2 heterocycles. The molecule has 1 fully saturated rings. The number of aromatic nitrogens is 4. The number of nitrogens with zero attached hydrogens (tertiary/aromatic N) is 6. The Morgan fingerprint density at radius 1 is 0.893 bits per heavy atom. The molecule has 6 heteroatoms. The van der Waals surface area contributed by atoms with E-state index in [0.717, 1.165) is 44.8 Å². The minimum Gasteiger partial charge on any atom is -0.369 e. The highest BCUT2D eigenvalue weighted by Gasteiger charge is 2.28. The number of benzene rings is 2. The van der Waals surface area contributed by atoms with Gasteiger partial charge >= 0.3 is 0 Å². The molecule has 146 valence electrons. The Hall–Kier alpha value is -2.73. The van der Waals surface area contributed by atoms with Gasteiger partial charge in [-0.15, -0.1) is 5.10 Å². The summed E-state index contributed by atoms with van der Waals surface area (Å²) in [6.45, 7) is 7.07. The Morgan fingerprint density at radius 3 is 2.25 bits per heavy atom. The lowest BCUT2D eigenvalue weighted by molar-refractivity contribution is 0.164. The van der Waals surface area contributed by atoms with E-state index in [4.69, 9.17) is 0 Å². The van der Waals surface area contributed by atoms with Crippen molar-refractivity contribution in [3.8, 4) is 0 Å². The Bertz CT molecular complexity index is 840. The SMILES string of the molecule is CCCC(c1nnnn1Cc1ccccc1)N1CCN(c2ccccc2)CC1. The third kappa shape index (κ3) is 4.22. The Balaban J connectivity index is 1.47. The van der Waals surface area contributed by atoms with E-state index in [1.807, 2.05) is 10.7 Å². The van der Waals surface area contributed by atoms with E-state index >= 15 is 0 Å². The van der Waals surface area contributed by atoms with Crippen LogP contribution in [0.25, 0.3) is 0 Å². The van der Waals surface area contributed by atoms with Crippen molar-refractivity contribution in [1.29, 1.82) is 0 Å². The van der Waals surface area contributed by atoms with E-state index in [1.54, 1.807) is 0 Å². The zero-order valence-electron chi connectivity index (χ0n) is 16.5. The van der Waals surface area contributed by atoms with Crippen LogP contribution in [0.15, 0.2) is 60.7 Å². The fraction of sp³-hybridized carbons (Fsp3) is 0.409. The van der Waals surface area contributed by atoms with Crippen molar-refractivity contribution >= 4 is 5.69 Å². The van der Waals surface area contributed by atoms with Crippen LogP contribution in [0.1, 0.15) is 37.2 Å². The van der Waals surface area contributed by atoms with Crippen molar-refractivity contribution in [2.45, 2.75) is 32.4 Å². The number of hydrogen-bond donors (Lipinski definition) is 0. The molecule has 0 saturated carbocycles. The standard InChI is InChI=1S/C22H28N6/c1-2-9-21(22-23-24-25-28(22)18-19-10-5-3-6-11-19)27-16-14-26(15-17-27)20-12-7-4-8-13-20/h3-8,10-13,21H,2,9,14-18H2,1H3. The maximum atomic E-state index is 4.43. The van der Waals surface area contributed by atoms with Gasteiger partial charge in [-0.25, -0.2) is 4.68 Å². The molecule has 1 unspecified atom stereocenters. The van der Waals surface area contributed by atoms with Gasteiger partial charge in [0.25, 0.3) is 0 Å². The zero-order valence-corrected chi connectivity index (χ0v) is 16.5. The second-order valence-corrected chi connectivity index (χ2v) is 7.34. The number of anilines is 1. The van der Waals surface area contributed by atoms with Gasteiger partial charge in [0.1, 0.15) is 0 Å². The molecule has 0 N–H and O–H groups in total. The molecule has 28 heavy (non-hydrogen) atoms. The number of rotatable bonds is 7. The summed E-state index contributed by atoms with van der Waals surface area (Å²) in [6, 6.07) is 21.4. The normalized spacial score (nSPS) is 16.2. The smallest absolute Gasteiger partial charge is 0.168 e. The lowest BCUT2D eigenvalue weighted by Crippen LogP contribution is -2.48. The van der Waals surface area contributed by atoms with Gasteiger partial charge in [0, 0.05) is 31.9 Å². The van der Waals surface area contributed by atoms with Crippen LogP contribution in [0.3, 0.4) is 0 Å². The summed E-state index contributed by atoms with van der Waals surface area (Å²) in [5.74, 6) is 0.985. The fourth-order valence-electron chi connectivity index (χ4n) is 4.00. The molecular weight excluding hydrogens is 348 g/mol. The van der Waals surface area contributed by atoms with Gasteiger partial charge in [-0.2, -0.15) is 0 Å². The third-order valence-electron chi connectivity index (χ3n) is 5.47. The minimum atomic E-state index is 0.265. The van der Waals surface area contributed by atoms with Gasteiger partial charge in [0.05, 0.1) is 12.6 Å². The molecule has 1 aliphatic rings. The summed E-state index contributed by atoms with van der Waals surface area (Å²) >= 11 is 0. The molecule has 0 amide bonds. The maximum Gasteiger partial charge on any atom is 0.168 e. The van der Waals surface area contributed by atoms with Crippen LogP contribution >= 0.6 is 0 Å². The predicted octanol–water partition coefficient (Wildman–Crippen LogP) is 3.38. The predicted molar refractivity (Wildman–Crippen MR) is 111 cm³/mol. The summed E-state index contributed by atoms with van der Waals surface area (Å²) < 4.78 is 1.97. The summed E-state index contributed by atoms with van der Waals surface area (Å²) in [4.78, 5) is 5.02. The van der Waals surface area contributed by atoms with Crippen LogP contribution in [0.4, 0.5) is 5.69 Å². The second kappa shape index (κ2) is 8.97. The molecule has 0 radical (unpaired) electrons. The first-order valence-electron chi connectivity index (χ1n) is 10.2. The third-order valence-corrected chi connectivity index (χ3v) is 5.47. The molecule has 4 rings (SSSR count). The first kappa shape index (κ1) is 18.6. The molecule has 0 bridgehead atoms. The molecule has 0 aliphatic carbocycles. The van der Waals surface area contributed by atoms with E-state index in [1.165, 1.54) is 11.3 Å². The molecule has 3 aromatic rings. The minimum absolute atomic E-state index is 0.265. The molecule has 1 atom stereocenters. The fourth-order valence-corrected chi connectivity index (χ4v) is 4.00. The molecule has 1 saturated heterocycles. The number of hydrogen-bond acceptors (Lipinski definition) is 5. The van der Waals surface area contributed by atoms with E-state index in [9.17, 15) is 0 Å². The van der Waals surface area contributed by atoms with Gasteiger partial charge in [-0.05, 0) is 34.5 Å². The summed E-state index contributed by atoms with van der Waals surface area (Å²) in [7, 11) is 0. The van der Waals surface area contributed by atoms with Gasteiger partial charge < -0.3 is 4.90 Å². The highest BCUT2D eigenvalue weighted by molar-refractivity contribution is 5.46. The van der Waals surface area contributed by atoms with Gasteiger partial charge in [-0.1, -0.05) is 61.9 Å². The van der Waals surface area contributed by atoms with Gasteiger partial charge in [0.15, 0.2) is 5.82 Å². The molecule has 2 aromatic carbocycles. The van der Waals surface area contributed by atoms with Crippen LogP contribution in [0, 0.1) is 0 Å². The first-order chi connectivity index (χ1) is 13.8. The van der Waals surface area contributed by atoms with Crippen molar-refractivity contribution in [2.75, 3.05) is 31.1 Å². The van der Waals surface area contributed by atoms with Gasteiger partial charge in [-0.3, -0.25) is 4.90 Å². The van der Waals surface area contributed by atoms with Crippen LogP contribution in [-0.4, -0.2) is 51.3 Å². The van der Waals surface area contributed by atoms with E-state index < -0.39 is 0 Å². The largest absolute Gasteiger partial charge is 0.369 e. The summed E-state index contributed by atoms with van der Waals surface area (Å²) in [5, 5.41) is 12.7. The molecule has 1 aliphatic heterocycles. The van der Waals surface area contributed by atoms with Crippen molar-refractivity contribution in [3.63, 3.8) is 0 Å². The molecule has 6 nitrogen and oxygen atoms in total. The van der Waals surface area contributed by atoms with Crippen molar-refractivity contribution in [1.82, 2.24) is 25.1 Å². The van der Waals surface area contributed by atoms with Crippen molar-refractivity contribution in [2.24, 2.45) is 0 Å². The lowest BCUT2D eigenvalue weighted by atomic mass is 10.1. The van der Waals surface area contributed by atoms with Crippen LogP contribution in [0.5, 0.6) is 0 Å². The Morgan fingerprint density at radius 2 is 1.57 bits per heavy atom. The Kier molecular flexibility index (Phi) is 5.97. The topological polar surface area (TPSA) is 50.1 Å². The maximum absolute atomic E-state index is 4.43. The zero-order chi connectivity index (χ0) is 19.2. The average Bonchev–Trinajstić information content (AvgIpc) is 3.21. The van der Waals surface area contributed by atoms with E-state index in [0.29, 0.717) is 6.54 Å². The lowest BCUT2D eigenvalue weighted by Gasteiger charge is -2.39. The van der Waals surface area contributed by atoms with Crippen LogP contribution in [0.2, 0.25) is 0 Å². The molecular formula is C22H28N6. The van der Waals surface area contributed by atoms with Crippen molar-refractivity contribution < 1.29 is 0 Å². The summed E-state index contributed by atoms with van der Waals surface area (Å²) in [5.41, 5.74) is 2.53. The second-order valence-electron chi connectivity index (χ2n) is 7.34. The first-order valence-corrected chi connectivity index (χ1v) is 10.2. The van der Waals surface area contributed by atoms with Crippen LogP contribution in [-0.2, 0) is 6.54 Å². The van der Waals surface area contributed by atoms with Gasteiger partial charge in [0.2, 0.25) is 0 Å². The molecule has 0 spiro atoms. The number of tetrazole rings is 1. The summed E-state index contributed by atoms with van der Waals surface area (Å²) in [6.07, 6.45) is 2.18. The quantitative estimate of drug-likeness (QED) is 0.633. The van der Waals surface area contributed by atoms with E-state index in [2.05, 4.69) is 86.8 Å². The highest BCUT2D eigenvalue weighted by atomic mass is 15.6. The number of para-hydroxylation sites is 1. The van der Waals surface area contributed by atoms with Crippen LogP contribution < -0.4 is 4.90 Å². The van der Waals surface area contributed by atoms with E-state index in [-0.39, 0.29) is 6.04 Å². The monoisotopic (exact) mass is 376 g/mol. The highest BCUT2D eigenvalue weighted by Crippen LogP contribution is 2.26. The Labute approximate surface area is 166 Å². The molecule has 1 aromatic heterocycles. The number of piperazine rings is 1. The average molecular weight is 377 g/mol.